The van der Waals surface area contributed by atoms with Crippen LogP contribution in [0.4, 0.5) is 0 Å². The summed E-state index contributed by atoms with van der Waals surface area (Å²) < 4.78 is 0.375. The van der Waals surface area contributed by atoms with E-state index in [9.17, 15) is 0 Å². The van der Waals surface area contributed by atoms with E-state index in [0.29, 0.717) is 4.75 Å². The van der Waals surface area contributed by atoms with E-state index in [2.05, 4.69) is 51.9 Å². The third kappa shape index (κ3) is 5.50. The second-order valence-electron chi connectivity index (χ2n) is 4.96. The molecule has 0 amide bonds. The zero-order valence-corrected chi connectivity index (χ0v) is 13.6. The molecule has 0 aliphatic heterocycles. The summed E-state index contributed by atoms with van der Waals surface area (Å²) in [6.07, 6.45) is 0. The van der Waals surface area contributed by atoms with Crippen LogP contribution in [0.5, 0.6) is 0 Å². The van der Waals surface area contributed by atoms with Crippen molar-refractivity contribution >= 4 is 25.0 Å². The first-order valence-corrected chi connectivity index (χ1v) is 12.3. The van der Waals surface area contributed by atoms with Crippen LogP contribution >= 0.6 is 11.8 Å². The topological polar surface area (TPSA) is 0 Å². The van der Waals surface area contributed by atoms with Crippen LogP contribution < -0.4 is 0 Å². The quantitative estimate of drug-likeness (QED) is 0.630. The standard InChI is InChI=1S/C12H26GeS/c1-7-13(8-2,9-3)10-11-14-12(4,5)6/h10-11H,7-9H2,1-6H3. The van der Waals surface area contributed by atoms with Crippen LogP contribution in [-0.4, -0.2) is 18.0 Å². The van der Waals surface area contributed by atoms with Crippen molar-refractivity contribution in [1.29, 1.82) is 0 Å². The fourth-order valence-corrected chi connectivity index (χ4v) is 9.13. The Labute approximate surface area is 97.3 Å². The fraction of sp³-hybridized carbons (Fsp3) is 0.833. The monoisotopic (exact) mass is 276 g/mol. The Bertz CT molecular complexity index is 167. The van der Waals surface area contributed by atoms with E-state index in [0.717, 1.165) is 0 Å². The van der Waals surface area contributed by atoms with Crippen LogP contribution in [0.1, 0.15) is 41.5 Å². The van der Waals surface area contributed by atoms with E-state index in [-0.39, 0.29) is 0 Å². The maximum absolute atomic E-state index is 2.61. The number of thioether (sulfide) groups is 1. The third-order valence-electron chi connectivity index (χ3n) is 2.96. The Hall–Kier alpha value is 0.633. The molecule has 0 heterocycles. The Balaban J connectivity index is 4.30. The Morgan fingerprint density at radius 3 is 1.71 bits per heavy atom. The third-order valence-corrected chi connectivity index (χ3v) is 15.1. The van der Waals surface area contributed by atoms with Gasteiger partial charge in [-0.2, -0.15) is 0 Å². The van der Waals surface area contributed by atoms with E-state index in [1.807, 2.05) is 11.8 Å². The van der Waals surface area contributed by atoms with Crippen molar-refractivity contribution in [1.82, 2.24) is 0 Å². The van der Waals surface area contributed by atoms with Crippen molar-refractivity contribution in [2.24, 2.45) is 0 Å². The van der Waals surface area contributed by atoms with Gasteiger partial charge in [0.05, 0.1) is 0 Å². The molecule has 14 heavy (non-hydrogen) atoms. The van der Waals surface area contributed by atoms with Crippen molar-refractivity contribution in [3.05, 3.63) is 10.3 Å². The molecule has 0 radical (unpaired) electrons. The van der Waals surface area contributed by atoms with Gasteiger partial charge in [0.2, 0.25) is 0 Å². The van der Waals surface area contributed by atoms with Gasteiger partial charge in [0, 0.05) is 0 Å². The molecule has 0 aliphatic rings. The van der Waals surface area contributed by atoms with Gasteiger partial charge in [0.25, 0.3) is 0 Å². The molecule has 0 atom stereocenters. The van der Waals surface area contributed by atoms with Crippen LogP contribution in [-0.2, 0) is 0 Å². The minimum absolute atomic E-state index is 0.375. The van der Waals surface area contributed by atoms with Crippen molar-refractivity contribution in [2.75, 3.05) is 0 Å². The van der Waals surface area contributed by atoms with Crippen molar-refractivity contribution in [3.8, 4) is 0 Å². The van der Waals surface area contributed by atoms with Crippen molar-refractivity contribution < 1.29 is 0 Å². The van der Waals surface area contributed by atoms with Gasteiger partial charge in [-0.25, -0.2) is 0 Å². The Kier molecular flexibility index (Phi) is 6.55. The van der Waals surface area contributed by atoms with Gasteiger partial charge in [-0.1, -0.05) is 0 Å². The first kappa shape index (κ1) is 14.6. The average molecular weight is 275 g/mol. The fourth-order valence-electron chi connectivity index (χ4n) is 1.49. The zero-order valence-electron chi connectivity index (χ0n) is 10.7. The first-order chi connectivity index (χ1) is 6.39. The summed E-state index contributed by atoms with van der Waals surface area (Å²) in [6.45, 7) is 14.0. The molecule has 0 aromatic heterocycles. The van der Waals surface area contributed by atoms with Gasteiger partial charge in [0.15, 0.2) is 0 Å². The molecule has 84 valence electrons. The van der Waals surface area contributed by atoms with Crippen molar-refractivity contribution in [2.45, 2.75) is 62.0 Å². The first-order valence-electron chi connectivity index (χ1n) is 5.74. The molecular weight excluding hydrogens is 249 g/mol. The number of hydrogen-bond acceptors (Lipinski definition) is 1. The van der Waals surface area contributed by atoms with E-state index in [1.165, 1.54) is 15.8 Å². The normalized spacial score (nSPS) is 13.9. The molecule has 2 heteroatoms. The van der Waals surface area contributed by atoms with E-state index >= 15 is 0 Å². The molecule has 0 saturated heterocycles. The summed E-state index contributed by atoms with van der Waals surface area (Å²) in [5.74, 6) is 0. The van der Waals surface area contributed by atoms with Gasteiger partial charge < -0.3 is 0 Å². The van der Waals surface area contributed by atoms with E-state index in [1.54, 1.807) is 0 Å². The summed E-state index contributed by atoms with van der Waals surface area (Å²) in [4.78, 5) is 2.61. The average Bonchev–Trinajstić information content (AvgIpc) is 2.11. The Morgan fingerprint density at radius 1 is 1.00 bits per heavy atom. The zero-order chi connectivity index (χ0) is 11.2. The number of rotatable bonds is 5. The number of hydrogen-bond donors (Lipinski definition) is 0. The van der Waals surface area contributed by atoms with Gasteiger partial charge in [0.1, 0.15) is 0 Å². The maximum atomic E-state index is 2.61. The molecule has 0 aliphatic carbocycles. The molecule has 0 nitrogen and oxygen atoms in total. The van der Waals surface area contributed by atoms with E-state index in [4.69, 9.17) is 0 Å². The van der Waals surface area contributed by atoms with Gasteiger partial charge >= 0.3 is 97.4 Å². The molecule has 0 spiro atoms. The second kappa shape index (κ2) is 6.27. The molecule has 0 rings (SSSR count). The predicted octanol–water partition coefficient (Wildman–Crippen LogP) is 5.08. The van der Waals surface area contributed by atoms with Crippen LogP contribution in [0.3, 0.4) is 0 Å². The van der Waals surface area contributed by atoms with Crippen LogP contribution in [0, 0.1) is 0 Å². The molecule has 0 N–H and O–H groups in total. The van der Waals surface area contributed by atoms with Crippen molar-refractivity contribution in [3.63, 3.8) is 0 Å². The van der Waals surface area contributed by atoms with Gasteiger partial charge in [-0.15, -0.1) is 0 Å². The van der Waals surface area contributed by atoms with E-state index < -0.39 is 13.3 Å². The molecule has 0 unspecified atom stereocenters. The summed E-state index contributed by atoms with van der Waals surface area (Å²) in [6, 6.07) is 0. The van der Waals surface area contributed by atoms with Gasteiger partial charge in [-0.3, -0.25) is 0 Å². The summed E-state index contributed by atoms with van der Waals surface area (Å²) >= 11 is 0.443. The molecule has 0 aromatic rings. The molecular formula is C12H26GeS. The Morgan fingerprint density at radius 2 is 1.43 bits per heavy atom. The molecule has 0 fully saturated rings. The molecule has 0 bridgehead atoms. The van der Waals surface area contributed by atoms with Crippen LogP contribution in [0.15, 0.2) is 10.3 Å². The minimum atomic E-state index is -1.53. The predicted molar refractivity (Wildman–Crippen MR) is 73.7 cm³/mol. The van der Waals surface area contributed by atoms with Crippen LogP contribution in [0.25, 0.3) is 0 Å². The molecule has 0 saturated carbocycles. The SMILES string of the molecule is C[CH2][Ge]([CH]=CSC(C)(C)C)([CH2]C)[CH2]C. The van der Waals surface area contributed by atoms with Crippen LogP contribution in [0.2, 0.25) is 15.8 Å². The van der Waals surface area contributed by atoms with Gasteiger partial charge in [-0.05, 0) is 0 Å². The summed E-state index contributed by atoms with van der Waals surface area (Å²) in [5, 5.41) is 6.70. The second-order valence-corrected chi connectivity index (χ2v) is 17.6. The summed E-state index contributed by atoms with van der Waals surface area (Å²) in [7, 11) is 0. The summed E-state index contributed by atoms with van der Waals surface area (Å²) in [5.41, 5.74) is 0. The molecule has 0 aromatic carbocycles.